The standard InChI is InChI=1S/C10H13N3O/c1-8(7-12-2)14-10-5-3-4-9(6-11)13-10/h3-5,8,12H,7H2,1-2H3. The number of likely N-dealkylation sites (N-methyl/N-ethyl adjacent to an activating group) is 1. The molecule has 1 heterocycles. The number of rotatable bonds is 4. The predicted molar refractivity (Wildman–Crippen MR) is 53.0 cm³/mol. The Hall–Kier alpha value is -1.60. The molecule has 0 aliphatic carbocycles. The van der Waals surface area contributed by atoms with Crippen LogP contribution in [0.15, 0.2) is 18.2 Å². The summed E-state index contributed by atoms with van der Waals surface area (Å²) in [5.74, 6) is 0.492. The first-order valence-electron chi connectivity index (χ1n) is 4.44. The van der Waals surface area contributed by atoms with Gasteiger partial charge in [-0.05, 0) is 20.0 Å². The highest BCUT2D eigenvalue weighted by molar-refractivity contribution is 5.24. The number of hydrogen-bond donors (Lipinski definition) is 1. The molecule has 0 radical (unpaired) electrons. The third kappa shape index (κ3) is 3.04. The Labute approximate surface area is 83.5 Å². The molecule has 4 heteroatoms. The van der Waals surface area contributed by atoms with Crippen LogP contribution in [-0.2, 0) is 0 Å². The fourth-order valence-corrected chi connectivity index (χ4v) is 1.08. The van der Waals surface area contributed by atoms with Crippen LogP contribution in [0.4, 0.5) is 0 Å². The second kappa shape index (κ2) is 5.20. The molecule has 0 aliphatic rings. The van der Waals surface area contributed by atoms with Crippen LogP contribution in [-0.4, -0.2) is 24.7 Å². The zero-order valence-electron chi connectivity index (χ0n) is 8.32. The molecule has 0 fully saturated rings. The molecule has 0 amide bonds. The molecule has 0 bridgehead atoms. The Balaban J connectivity index is 2.63. The van der Waals surface area contributed by atoms with Crippen molar-refractivity contribution in [3.8, 4) is 11.9 Å². The molecular formula is C10H13N3O. The second-order valence-corrected chi connectivity index (χ2v) is 2.96. The van der Waals surface area contributed by atoms with Crippen molar-refractivity contribution in [2.75, 3.05) is 13.6 Å². The summed E-state index contributed by atoms with van der Waals surface area (Å²) >= 11 is 0. The van der Waals surface area contributed by atoms with E-state index in [0.717, 1.165) is 6.54 Å². The fourth-order valence-electron chi connectivity index (χ4n) is 1.08. The fraction of sp³-hybridized carbons (Fsp3) is 0.400. The van der Waals surface area contributed by atoms with Crippen molar-refractivity contribution in [2.45, 2.75) is 13.0 Å². The maximum Gasteiger partial charge on any atom is 0.214 e. The minimum atomic E-state index is 0.0430. The van der Waals surface area contributed by atoms with E-state index in [1.54, 1.807) is 18.2 Å². The number of nitrogens with one attached hydrogen (secondary N) is 1. The van der Waals surface area contributed by atoms with Crippen LogP contribution in [0, 0.1) is 11.3 Å². The van der Waals surface area contributed by atoms with Gasteiger partial charge >= 0.3 is 0 Å². The minimum absolute atomic E-state index is 0.0430. The second-order valence-electron chi connectivity index (χ2n) is 2.96. The Morgan fingerprint density at radius 3 is 3.07 bits per heavy atom. The summed E-state index contributed by atoms with van der Waals surface area (Å²) in [4.78, 5) is 4.00. The number of aromatic nitrogens is 1. The molecule has 1 N–H and O–H groups in total. The maximum absolute atomic E-state index is 8.62. The van der Waals surface area contributed by atoms with Crippen LogP contribution in [0.3, 0.4) is 0 Å². The lowest BCUT2D eigenvalue weighted by Crippen LogP contribution is -2.26. The van der Waals surface area contributed by atoms with Crippen LogP contribution in [0.25, 0.3) is 0 Å². The summed E-state index contributed by atoms with van der Waals surface area (Å²) in [6.07, 6.45) is 0.0430. The number of ether oxygens (including phenoxy) is 1. The van der Waals surface area contributed by atoms with Crippen molar-refractivity contribution in [3.63, 3.8) is 0 Å². The number of pyridine rings is 1. The quantitative estimate of drug-likeness (QED) is 0.769. The number of nitrogens with zero attached hydrogens (tertiary/aromatic N) is 2. The van der Waals surface area contributed by atoms with Gasteiger partial charge in [-0.1, -0.05) is 6.07 Å². The first-order valence-corrected chi connectivity index (χ1v) is 4.44. The molecule has 1 aromatic heterocycles. The molecule has 14 heavy (non-hydrogen) atoms. The zero-order valence-corrected chi connectivity index (χ0v) is 8.32. The average molecular weight is 191 g/mol. The Kier molecular flexibility index (Phi) is 3.89. The summed E-state index contributed by atoms with van der Waals surface area (Å²) < 4.78 is 5.47. The molecule has 0 aliphatic heterocycles. The molecule has 1 atom stereocenters. The van der Waals surface area contributed by atoms with Crippen LogP contribution in [0.5, 0.6) is 5.88 Å². The minimum Gasteiger partial charge on any atom is -0.473 e. The summed E-state index contributed by atoms with van der Waals surface area (Å²) in [6.45, 7) is 2.69. The van der Waals surface area contributed by atoms with Crippen molar-refractivity contribution in [2.24, 2.45) is 0 Å². The van der Waals surface area contributed by atoms with Crippen molar-refractivity contribution in [1.82, 2.24) is 10.3 Å². The van der Waals surface area contributed by atoms with Gasteiger partial charge in [0.05, 0.1) is 0 Å². The highest BCUT2D eigenvalue weighted by Crippen LogP contribution is 2.08. The Morgan fingerprint density at radius 2 is 2.43 bits per heavy atom. The molecule has 4 nitrogen and oxygen atoms in total. The average Bonchev–Trinajstić information content (AvgIpc) is 2.18. The molecule has 0 saturated heterocycles. The number of nitriles is 1. The van der Waals surface area contributed by atoms with Gasteiger partial charge in [0, 0.05) is 12.6 Å². The predicted octanol–water partition coefficient (Wildman–Crippen LogP) is 0.940. The monoisotopic (exact) mass is 191 g/mol. The van der Waals surface area contributed by atoms with Gasteiger partial charge in [0.25, 0.3) is 0 Å². The van der Waals surface area contributed by atoms with Gasteiger partial charge in [0.2, 0.25) is 5.88 Å². The Bertz CT molecular complexity index is 332. The van der Waals surface area contributed by atoms with Gasteiger partial charge in [0.1, 0.15) is 17.9 Å². The normalized spacial score (nSPS) is 11.8. The first-order chi connectivity index (χ1) is 6.76. The summed E-state index contributed by atoms with van der Waals surface area (Å²) in [5, 5.41) is 11.6. The van der Waals surface area contributed by atoms with Gasteiger partial charge in [-0.3, -0.25) is 0 Å². The summed E-state index contributed by atoms with van der Waals surface area (Å²) in [6, 6.07) is 7.11. The molecule has 0 saturated carbocycles. The molecule has 1 rings (SSSR count). The smallest absolute Gasteiger partial charge is 0.214 e. The van der Waals surface area contributed by atoms with E-state index in [1.807, 2.05) is 20.0 Å². The largest absolute Gasteiger partial charge is 0.473 e. The van der Waals surface area contributed by atoms with Gasteiger partial charge in [-0.2, -0.15) is 5.26 Å². The van der Waals surface area contributed by atoms with Gasteiger partial charge in [-0.15, -0.1) is 0 Å². The van der Waals surface area contributed by atoms with E-state index in [4.69, 9.17) is 10.00 Å². The highest BCUT2D eigenvalue weighted by Gasteiger charge is 2.03. The van der Waals surface area contributed by atoms with Crippen LogP contribution in [0.2, 0.25) is 0 Å². The first kappa shape index (κ1) is 10.5. The Morgan fingerprint density at radius 1 is 1.64 bits per heavy atom. The summed E-state index contributed by atoms with van der Waals surface area (Å²) in [5.41, 5.74) is 0.374. The molecule has 1 aromatic rings. The van der Waals surface area contributed by atoms with Crippen LogP contribution in [0.1, 0.15) is 12.6 Å². The molecular weight excluding hydrogens is 178 g/mol. The lowest BCUT2D eigenvalue weighted by atomic mass is 10.3. The van der Waals surface area contributed by atoms with E-state index in [0.29, 0.717) is 11.6 Å². The third-order valence-electron chi connectivity index (χ3n) is 1.65. The van der Waals surface area contributed by atoms with E-state index >= 15 is 0 Å². The molecule has 0 aromatic carbocycles. The van der Waals surface area contributed by atoms with E-state index in [9.17, 15) is 0 Å². The maximum atomic E-state index is 8.62. The highest BCUT2D eigenvalue weighted by atomic mass is 16.5. The number of hydrogen-bond acceptors (Lipinski definition) is 4. The van der Waals surface area contributed by atoms with E-state index in [-0.39, 0.29) is 6.10 Å². The molecule has 1 unspecified atom stereocenters. The van der Waals surface area contributed by atoms with Gasteiger partial charge in [0.15, 0.2) is 0 Å². The zero-order chi connectivity index (χ0) is 10.4. The van der Waals surface area contributed by atoms with Crippen molar-refractivity contribution >= 4 is 0 Å². The van der Waals surface area contributed by atoms with E-state index < -0.39 is 0 Å². The lowest BCUT2D eigenvalue weighted by Gasteiger charge is -2.12. The van der Waals surface area contributed by atoms with Gasteiger partial charge in [-0.25, -0.2) is 4.98 Å². The van der Waals surface area contributed by atoms with E-state index in [2.05, 4.69) is 10.3 Å². The van der Waals surface area contributed by atoms with Crippen molar-refractivity contribution < 1.29 is 4.74 Å². The lowest BCUT2D eigenvalue weighted by molar-refractivity contribution is 0.212. The SMILES string of the molecule is CNCC(C)Oc1cccc(C#N)n1. The molecule has 0 spiro atoms. The van der Waals surface area contributed by atoms with Crippen LogP contribution < -0.4 is 10.1 Å². The molecule has 74 valence electrons. The summed E-state index contributed by atoms with van der Waals surface area (Å²) in [7, 11) is 1.86. The van der Waals surface area contributed by atoms with Crippen molar-refractivity contribution in [3.05, 3.63) is 23.9 Å². The topological polar surface area (TPSA) is 57.9 Å². The third-order valence-corrected chi connectivity index (χ3v) is 1.65. The van der Waals surface area contributed by atoms with E-state index in [1.165, 1.54) is 0 Å². The van der Waals surface area contributed by atoms with Crippen molar-refractivity contribution in [1.29, 1.82) is 5.26 Å². The van der Waals surface area contributed by atoms with Crippen LogP contribution >= 0.6 is 0 Å². The van der Waals surface area contributed by atoms with Gasteiger partial charge < -0.3 is 10.1 Å².